The van der Waals surface area contributed by atoms with Gasteiger partial charge in [-0.3, -0.25) is 4.79 Å². The van der Waals surface area contributed by atoms with Crippen LogP contribution in [0.5, 0.6) is 0 Å². The maximum absolute atomic E-state index is 12.9. The van der Waals surface area contributed by atoms with Crippen molar-refractivity contribution in [1.82, 2.24) is 4.90 Å². The number of fused-ring (bicyclic) bond motifs is 1. The van der Waals surface area contributed by atoms with Crippen molar-refractivity contribution in [3.8, 4) is 0 Å². The first-order chi connectivity index (χ1) is 10.7. The van der Waals surface area contributed by atoms with E-state index in [-0.39, 0.29) is 13.5 Å². The van der Waals surface area contributed by atoms with Gasteiger partial charge in [0.2, 0.25) is 0 Å². The number of hydrogen-bond donors (Lipinski definition) is 1. The van der Waals surface area contributed by atoms with E-state index in [4.69, 9.17) is 0 Å². The summed E-state index contributed by atoms with van der Waals surface area (Å²) in [5.74, 6) is 0.138. The van der Waals surface area contributed by atoms with Crippen molar-refractivity contribution in [3.05, 3.63) is 51.7 Å². The SMILES string of the molecule is CCCCN1C(=O)c2ccccc2NC1c1ccc(CC)s1.[HH]. The van der Waals surface area contributed by atoms with Crippen LogP contribution >= 0.6 is 11.3 Å². The normalized spacial score (nSPS) is 17.3. The van der Waals surface area contributed by atoms with Crippen LogP contribution in [0.2, 0.25) is 0 Å². The van der Waals surface area contributed by atoms with E-state index in [9.17, 15) is 4.79 Å². The minimum absolute atomic E-state index is 0. The van der Waals surface area contributed by atoms with Gasteiger partial charge in [0.15, 0.2) is 0 Å². The van der Waals surface area contributed by atoms with Gasteiger partial charge in [-0.1, -0.05) is 32.4 Å². The summed E-state index contributed by atoms with van der Waals surface area (Å²) in [5.41, 5.74) is 1.72. The molecule has 0 spiro atoms. The zero-order chi connectivity index (χ0) is 15.5. The van der Waals surface area contributed by atoms with Crippen LogP contribution in [0.4, 0.5) is 5.69 Å². The summed E-state index contributed by atoms with van der Waals surface area (Å²) >= 11 is 1.80. The van der Waals surface area contributed by atoms with E-state index >= 15 is 0 Å². The Hall–Kier alpha value is -1.81. The van der Waals surface area contributed by atoms with Gasteiger partial charge in [0.1, 0.15) is 6.17 Å². The van der Waals surface area contributed by atoms with E-state index in [2.05, 4.69) is 31.3 Å². The van der Waals surface area contributed by atoms with Crippen LogP contribution in [0.3, 0.4) is 0 Å². The van der Waals surface area contributed by atoms with E-state index in [1.165, 1.54) is 9.75 Å². The molecule has 1 amide bonds. The molecule has 0 saturated heterocycles. The Bertz CT molecular complexity index is 671. The molecule has 4 heteroatoms. The first-order valence-corrected chi connectivity index (χ1v) is 8.81. The van der Waals surface area contributed by atoms with Gasteiger partial charge in [0.25, 0.3) is 5.91 Å². The summed E-state index contributed by atoms with van der Waals surface area (Å²) in [5, 5.41) is 3.56. The Balaban J connectivity index is 0.00000192. The highest BCUT2D eigenvalue weighted by atomic mass is 32.1. The zero-order valence-corrected chi connectivity index (χ0v) is 14.0. The number of hydrogen-bond acceptors (Lipinski definition) is 3. The number of amides is 1. The lowest BCUT2D eigenvalue weighted by molar-refractivity contribution is 0.0683. The van der Waals surface area contributed by atoms with Gasteiger partial charge in [0, 0.05) is 23.4 Å². The molecule has 0 radical (unpaired) electrons. The van der Waals surface area contributed by atoms with Gasteiger partial charge in [-0.05, 0) is 37.1 Å². The van der Waals surface area contributed by atoms with Crippen molar-refractivity contribution in [2.45, 2.75) is 39.3 Å². The number of unbranched alkanes of at least 4 members (excludes halogenated alkanes) is 1. The van der Waals surface area contributed by atoms with E-state index in [0.717, 1.165) is 37.1 Å². The number of carbonyl (C=O) groups is 1. The standard InChI is InChI=1S/C18H22N2OS.H2/c1-3-5-12-20-17(16-11-10-13(4-2)22-16)19-15-9-7-6-8-14(15)18(20)21;/h6-11,17,19H,3-5,12H2,1-2H3;1H. The van der Waals surface area contributed by atoms with Crippen molar-refractivity contribution in [2.24, 2.45) is 0 Å². The fourth-order valence-electron chi connectivity index (χ4n) is 2.81. The van der Waals surface area contributed by atoms with E-state index < -0.39 is 0 Å². The molecule has 2 heterocycles. The lowest BCUT2D eigenvalue weighted by Gasteiger charge is -2.37. The minimum atomic E-state index is -0.0424. The molecule has 0 fully saturated rings. The molecule has 3 nitrogen and oxygen atoms in total. The zero-order valence-electron chi connectivity index (χ0n) is 13.1. The summed E-state index contributed by atoms with van der Waals surface area (Å²) < 4.78 is 0. The summed E-state index contributed by atoms with van der Waals surface area (Å²) in [6.07, 6.45) is 3.11. The van der Waals surface area contributed by atoms with Gasteiger partial charge in [-0.2, -0.15) is 0 Å². The number of carbonyl (C=O) groups excluding carboxylic acids is 1. The second-order valence-electron chi connectivity index (χ2n) is 5.60. The third-order valence-corrected chi connectivity index (χ3v) is 5.36. The average molecular weight is 316 g/mol. The number of benzene rings is 1. The molecule has 1 aliphatic rings. The van der Waals surface area contributed by atoms with Crippen molar-refractivity contribution >= 4 is 22.9 Å². The van der Waals surface area contributed by atoms with Gasteiger partial charge in [-0.15, -0.1) is 11.3 Å². The van der Waals surface area contributed by atoms with Gasteiger partial charge < -0.3 is 10.2 Å². The van der Waals surface area contributed by atoms with Gasteiger partial charge in [0.05, 0.1) is 5.56 Å². The molecule has 118 valence electrons. The topological polar surface area (TPSA) is 32.3 Å². The fraction of sp³-hybridized carbons (Fsp3) is 0.389. The maximum Gasteiger partial charge on any atom is 0.257 e. The number of thiophene rings is 1. The first-order valence-electron chi connectivity index (χ1n) is 7.99. The maximum atomic E-state index is 12.9. The minimum Gasteiger partial charge on any atom is -0.360 e. The molecule has 2 aromatic rings. The van der Waals surface area contributed by atoms with Crippen LogP contribution in [0, 0.1) is 0 Å². The molecule has 22 heavy (non-hydrogen) atoms. The molecular formula is C18H24N2OS. The molecule has 1 aliphatic heterocycles. The van der Waals surface area contributed by atoms with Crippen LogP contribution in [0.25, 0.3) is 0 Å². The number of rotatable bonds is 5. The second-order valence-corrected chi connectivity index (χ2v) is 6.80. The van der Waals surface area contributed by atoms with E-state index in [0.29, 0.717) is 0 Å². The summed E-state index contributed by atoms with van der Waals surface area (Å²) in [6, 6.07) is 12.1. The van der Waals surface area contributed by atoms with Crippen LogP contribution in [-0.4, -0.2) is 17.4 Å². The molecule has 1 N–H and O–H groups in total. The number of anilines is 1. The highest BCUT2D eigenvalue weighted by Crippen LogP contribution is 2.36. The van der Waals surface area contributed by atoms with Gasteiger partial charge in [-0.25, -0.2) is 0 Å². The summed E-state index contributed by atoms with van der Waals surface area (Å²) in [6.45, 7) is 5.12. The monoisotopic (exact) mass is 316 g/mol. The summed E-state index contributed by atoms with van der Waals surface area (Å²) in [7, 11) is 0. The lowest BCUT2D eigenvalue weighted by atomic mass is 10.1. The molecule has 0 bridgehead atoms. The fourth-order valence-corrected chi connectivity index (χ4v) is 3.83. The van der Waals surface area contributed by atoms with E-state index in [1.807, 2.05) is 29.2 Å². The Morgan fingerprint density at radius 3 is 2.77 bits per heavy atom. The van der Waals surface area contributed by atoms with Gasteiger partial charge >= 0.3 is 0 Å². The smallest absolute Gasteiger partial charge is 0.257 e. The predicted molar refractivity (Wildman–Crippen MR) is 94.6 cm³/mol. The predicted octanol–water partition coefficient (Wildman–Crippen LogP) is 4.92. The molecule has 1 aromatic heterocycles. The van der Waals surface area contributed by atoms with Crippen molar-refractivity contribution in [2.75, 3.05) is 11.9 Å². The molecule has 0 aliphatic carbocycles. The highest BCUT2D eigenvalue weighted by Gasteiger charge is 2.32. The van der Waals surface area contributed by atoms with E-state index in [1.54, 1.807) is 11.3 Å². The van der Waals surface area contributed by atoms with Crippen LogP contribution in [-0.2, 0) is 6.42 Å². The third-order valence-electron chi connectivity index (χ3n) is 4.08. The van der Waals surface area contributed by atoms with Crippen LogP contribution in [0.1, 0.15) is 54.4 Å². The quantitative estimate of drug-likeness (QED) is 0.849. The van der Waals surface area contributed by atoms with Crippen LogP contribution < -0.4 is 5.32 Å². The highest BCUT2D eigenvalue weighted by molar-refractivity contribution is 7.12. The molecule has 1 atom stereocenters. The molecule has 3 rings (SSSR count). The second kappa shape index (κ2) is 6.53. The molecule has 0 saturated carbocycles. The lowest BCUT2D eigenvalue weighted by Crippen LogP contribution is -2.43. The Morgan fingerprint density at radius 1 is 1.23 bits per heavy atom. The number of para-hydroxylation sites is 1. The Labute approximate surface area is 137 Å². The largest absolute Gasteiger partial charge is 0.360 e. The molecule has 1 unspecified atom stereocenters. The molecule has 1 aromatic carbocycles. The Kier molecular flexibility index (Phi) is 4.48. The number of nitrogens with one attached hydrogen (secondary N) is 1. The van der Waals surface area contributed by atoms with Crippen LogP contribution in [0.15, 0.2) is 36.4 Å². The average Bonchev–Trinajstić information content (AvgIpc) is 3.03. The summed E-state index contributed by atoms with van der Waals surface area (Å²) in [4.78, 5) is 17.4. The first kappa shape index (κ1) is 15.1. The van der Waals surface area contributed by atoms with Crippen molar-refractivity contribution in [1.29, 1.82) is 0 Å². The van der Waals surface area contributed by atoms with Crippen molar-refractivity contribution < 1.29 is 6.22 Å². The third kappa shape index (κ3) is 2.75. The molecular weight excluding hydrogens is 292 g/mol. The Morgan fingerprint density at radius 2 is 2.05 bits per heavy atom. The number of aryl methyl sites for hydroxylation is 1. The number of nitrogens with zero attached hydrogens (tertiary/aromatic N) is 1. The van der Waals surface area contributed by atoms with Crippen molar-refractivity contribution in [3.63, 3.8) is 0 Å².